The molecule has 0 unspecified atom stereocenters. The van der Waals surface area contributed by atoms with E-state index in [1.807, 2.05) is 0 Å². The van der Waals surface area contributed by atoms with Gasteiger partial charge >= 0.3 is 26.2 Å². The van der Waals surface area contributed by atoms with Crippen LogP contribution < -0.4 is 9.41 Å². The van der Waals surface area contributed by atoms with Crippen molar-refractivity contribution in [2.45, 2.75) is 67.7 Å². The summed E-state index contributed by atoms with van der Waals surface area (Å²) < 4.78 is 0. The minimum absolute atomic E-state index is 0. The minimum Gasteiger partial charge on any atom is -1.00 e. The van der Waals surface area contributed by atoms with Gasteiger partial charge in [-0.2, -0.15) is 33.9 Å². The topological polar surface area (TPSA) is 0 Å². The Kier molecular flexibility index (Phi) is 13.7. The molecule has 0 radical (unpaired) electrons. The molecule has 0 N–H and O–H groups in total. The Morgan fingerprint density at radius 3 is 2.07 bits per heavy atom. The maximum absolute atomic E-state index is 2.30. The van der Waals surface area contributed by atoms with Crippen LogP contribution in [0, 0.1) is 33.6 Å². The molecule has 0 saturated heterocycles. The first-order valence-corrected chi connectivity index (χ1v) is 9.71. The molecule has 0 nitrogen and oxygen atoms in total. The zero-order valence-corrected chi connectivity index (χ0v) is 20.9. The third-order valence-corrected chi connectivity index (χ3v) is 5.41. The predicted molar refractivity (Wildman–Crippen MR) is 113 cm³/mol. The van der Waals surface area contributed by atoms with Gasteiger partial charge < -0.3 is 9.41 Å². The van der Waals surface area contributed by atoms with Crippen LogP contribution in [0.1, 0.15) is 60.6 Å². The molecule has 0 amide bonds. The van der Waals surface area contributed by atoms with Gasteiger partial charge in [-0.05, 0) is 12.3 Å². The fraction of sp³-hybridized carbons (Fsp3) is 0.440. The molecule has 0 aliphatic carbocycles. The summed E-state index contributed by atoms with van der Waals surface area (Å²) >= 11 is 0. The molecule has 0 aliphatic rings. The third kappa shape index (κ3) is 7.07. The van der Waals surface area contributed by atoms with Crippen LogP contribution >= 0.6 is 0 Å². The summed E-state index contributed by atoms with van der Waals surface area (Å²) in [5.74, 6) is 0.747. The van der Waals surface area contributed by atoms with Gasteiger partial charge in [0.25, 0.3) is 0 Å². The second-order valence-electron chi connectivity index (χ2n) is 7.82. The van der Waals surface area contributed by atoms with E-state index >= 15 is 0 Å². The first kappa shape index (κ1) is 29.1. The molecule has 3 rings (SSSR count). The van der Waals surface area contributed by atoms with Gasteiger partial charge in [0.05, 0.1) is 0 Å². The van der Waals surface area contributed by atoms with Crippen LogP contribution in [-0.2, 0) is 39.0 Å². The molecule has 0 bridgehead atoms. The molecule has 3 heteroatoms. The summed E-state index contributed by atoms with van der Waals surface area (Å²) in [4.78, 5) is 0. The van der Waals surface area contributed by atoms with Crippen molar-refractivity contribution in [3.63, 3.8) is 0 Å². The van der Waals surface area contributed by atoms with Gasteiger partial charge in [0, 0.05) is 0 Å². The Morgan fingerprint density at radius 2 is 1.61 bits per heavy atom. The molecular weight excluding hydrogens is 429 g/mol. The summed E-state index contributed by atoms with van der Waals surface area (Å²) in [5.41, 5.74) is 9.09. The number of halogens is 2. The first-order chi connectivity index (χ1) is 11.8. The van der Waals surface area contributed by atoms with Gasteiger partial charge in [-0.1, -0.05) is 67.4 Å². The van der Waals surface area contributed by atoms with E-state index in [-0.39, 0.29) is 35.6 Å². The quantitative estimate of drug-likeness (QED) is 0.513. The third-order valence-electron chi connectivity index (χ3n) is 5.41. The molecule has 28 heavy (non-hydrogen) atoms. The van der Waals surface area contributed by atoms with Crippen LogP contribution in [0.4, 0.5) is 0 Å². The zero-order chi connectivity index (χ0) is 18.6. The maximum atomic E-state index is 2.30. The van der Waals surface area contributed by atoms with Gasteiger partial charge in [0.15, 0.2) is 0 Å². The van der Waals surface area contributed by atoms with E-state index in [0.29, 0.717) is 0 Å². The van der Waals surface area contributed by atoms with E-state index in [4.69, 9.17) is 0 Å². The normalized spacial score (nSPS) is 9.86. The van der Waals surface area contributed by atoms with E-state index in [9.17, 15) is 0 Å². The standard InChI is InChI=1S/C13H15.C12H19.2FH.Zr/c1-10(2)7-11-8-12-5-3-4-6-13(12)9-11;1-6-7-12-10(4)8(2)9(3)11(12)5;;;/h3-6,8-10H,7H2,1-2H3;6-7H2,1-5H3;2*1H;/q2*-1;;;+4/p-2. The van der Waals surface area contributed by atoms with Crippen molar-refractivity contribution in [3.05, 3.63) is 69.8 Å². The molecule has 0 atom stereocenters. The molecular formula is C25H34F2Zr. The number of hydrogen-bond acceptors (Lipinski definition) is 0. The smallest absolute Gasteiger partial charge is 1.00 e. The molecule has 0 aliphatic heterocycles. The molecule has 3 aromatic carbocycles. The molecule has 152 valence electrons. The van der Waals surface area contributed by atoms with Crippen molar-refractivity contribution < 1.29 is 35.6 Å². The van der Waals surface area contributed by atoms with Crippen LogP contribution in [0.25, 0.3) is 10.8 Å². The van der Waals surface area contributed by atoms with E-state index in [0.717, 1.165) is 5.92 Å². The van der Waals surface area contributed by atoms with Gasteiger partial charge in [-0.15, -0.1) is 40.6 Å². The second-order valence-corrected chi connectivity index (χ2v) is 7.82. The van der Waals surface area contributed by atoms with Gasteiger partial charge in [-0.3, -0.25) is 0 Å². The van der Waals surface area contributed by atoms with E-state index in [1.165, 1.54) is 57.9 Å². The van der Waals surface area contributed by atoms with Gasteiger partial charge in [0.1, 0.15) is 0 Å². The van der Waals surface area contributed by atoms with Crippen molar-refractivity contribution in [2.75, 3.05) is 0 Å². The number of hydrogen-bond donors (Lipinski definition) is 0. The van der Waals surface area contributed by atoms with Crippen LogP contribution in [-0.4, -0.2) is 0 Å². The number of rotatable bonds is 4. The van der Waals surface area contributed by atoms with Crippen molar-refractivity contribution in [1.29, 1.82) is 0 Å². The summed E-state index contributed by atoms with van der Waals surface area (Å²) in [6, 6.07) is 13.2. The Morgan fingerprint density at radius 1 is 1.00 bits per heavy atom. The molecule has 3 aromatic rings. The van der Waals surface area contributed by atoms with E-state index in [1.54, 1.807) is 5.56 Å². The van der Waals surface area contributed by atoms with Crippen molar-refractivity contribution in [2.24, 2.45) is 5.92 Å². The Balaban J connectivity index is 0. The van der Waals surface area contributed by atoms with Gasteiger partial charge in [-0.25, -0.2) is 0 Å². The average molecular weight is 464 g/mol. The zero-order valence-electron chi connectivity index (χ0n) is 18.4. The van der Waals surface area contributed by atoms with E-state index in [2.05, 4.69) is 84.9 Å². The number of fused-ring (bicyclic) bond motifs is 1. The molecule has 0 fully saturated rings. The van der Waals surface area contributed by atoms with Crippen LogP contribution in [0.3, 0.4) is 0 Å². The SMILES string of the molecule is CC(C)Cc1cc2ccccc2[cH-]1.CCCc1c(C)c(C)c(C)[c-]1C.[F-].[F-].[Zr+4]. The summed E-state index contributed by atoms with van der Waals surface area (Å²) in [6.07, 6.45) is 3.69. The van der Waals surface area contributed by atoms with Crippen molar-refractivity contribution >= 4 is 10.8 Å². The molecule has 0 spiro atoms. The van der Waals surface area contributed by atoms with Crippen LogP contribution in [0.2, 0.25) is 0 Å². The fourth-order valence-corrected chi connectivity index (χ4v) is 3.73. The van der Waals surface area contributed by atoms with Crippen LogP contribution in [0.5, 0.6) is 0 Å². The second kappa shape index (κ2) is 13.2. The summed E-state index contributed by atoms with van der Waals surface area (Å²) in [6.45, 7) is 15.7. The first-order valence-electron chi connectivity index (χ1n) is 9.71. The average Bonchev–Trinajstić information content (AvgIpc) is 3.05. The fourth-order valence-electron chi connectivity index (χ4n) is 3.73. The summed E-state index contributed by atoms with van der Waals surface area (Å²) in [5, 5.41) is 2.75. The molecule has 0 aromatic heterocycles. The van der Waals surface area contributed by atoms with Gasteiger partial charge in [0.2, 0.25) is 0 Å². The Labute approximate surface area is 189 Å². The van der Waals surface area contributed by atoms with Crippen molar-refractivity contribution in [1.82, 2.24) is 0 Å². The number of benzene rings is 1. The summed E-state index contributed by atoms with van der Waals surface area (Å²) in [7, 11) is 0. The predicted octanol–water partition coefficient (Wildman–Crippen LogP) is 1.35. The van der Waals surface area contributed by atoms with Crippen molar-refractivity contribution in [3.8, 4) is 0 Å². The van der Waals surface area contributed by atoms with E-state index < -0.39 is 0 Å². The molecule has 0 saturated carbocycles. The monoisotopic (exact) mass is 462 g/mol. The van der Waals surface area contributed by atoms with Crippen LogP contribution in [0.15, 0.2) is 36.4 Å². The minimum atomic E-state index is 0. The Bertz CT molecular complexity index is 766. The Hall–Kier alpha value is -1.08. The molecule has 0 heterocycles. The maximum Gasteiger partial charge on any atom is 4.00 e. The largest absolute Gasteiger partial charge is 4.00 e.